The summed E-state index contributed by atoms with van der Waals surface area (Å²) < 4.78 is 0. The second-order valence-electron chi connectivity index (χ2n) is 16.4. The molecule has 3 heterocycles. The van der Waals surface area contributed by atoms with Crippen LogP contribution in [-0.2, 0) is 0 Å². The number of anilines is 2. The van der Waals surface area contributed by atoms with Crippen molar-refractivity contribution in [1.82, 2.24) is 9.97 Å². The first-order chi connectivity index (χ1) is 30.8. The van der Waals surface area contributed by atoms with Crippen molar-refractivity contribution in [3.63, 3.8) is 0 Å². The number of allylic oxidation sites excluding steroid dienone is 14. The number of hydrogen-bond donors (Lipinski definition) is 0. The number of aromatic nitrogens is 2. The van der Waals surface area contributed by atoms with E-state index in [2.05, 4.69) is 202 Å². The second-order valence-corrected chi connectivity index (χ2v) is 16.4. The van der Waals surface area contributed by atoms with Gasteiger partial charge in [0.25, 0.3) is 0 Å². The van der Waals surface area contributed by atoms with Crippen molar-refractivity contribution in [3.05, 3.63) is 242 Å². The van der Waals surface area contributed by atoms with Crippen LogP contribution in [0.25, 0.3) is 33.3 Å². The number of para-hydroxylation sites is 1. The second kappa shape index (κ2) is 21.2. The highest BCUT2D eigenvalue weighted by Crippen LogP contribution is 2.38. The monoisotopic (exact) mass is 824 g/mol. The molecular weight excluding hydrogens is 765 g/mol. The highest BCUT2D eigenvalue weighted by Gasteiger charge is 2.28. The molecular formula is C59H60N4. The van der Waals surface area contributed by atoms with Gasteiger partial charge in [0.15, 0.2) is 0 Å². The zero-order valence-corrected chi connectivity index (χ0v) is 37.0. The smallest absolute Gasteiger partial charge is 0.226 e. The average Bonchev–Trinajstić information content (AvgIpc) is 3.38. The Hall–Kier alpha value is -7.04. The molecule has 0 aliphatic carbocycles. The minimum atomic E-state index is -0.0360. The maximum absolute atomic E-state index is 5.35. The Labute approximate surface area is 376 Å². The zero-order valence-electron chi connectivity index (χ0n) is 37.0. The Kier molecular flexibility index (Phi) is 14.8. The zero-order chi connectivity index (χ0) is 44.1. The lowest BCUT2D eigenvalue weighted by Gasteiger charge is -2.35. The van der Waals surface area contributed by atoms with Crippen LogP contribution >= 0.6 is 0 Å². The van der Waals surface area contributed by atoms with E-state index < -0.39 is 0 Å². The summed E-state index contributed by atoms with van der Waals surface area (Å²) in [6, 6.07) is 38.3. The first kappa shape index (κ1) is 44.0. The van der Waals surface area contributed by atoms with E-state index in [1.54, 1.807) is 0 Å². The van der Waals surface area contributed by atoms with Crippen LogP contribution in [0.2, 0.25) is 0 Å². The molecule has 2 aliphatic rings. The van der Waals surface area contributed by atoms with E-state index in [1.807, 2.05) is 24.3 Å². The summed E-state index contributed by atoms with van der Waals surface area (Å²) in [5.74, 6) is 0.785. The van der Waals surface area contributed by atoms with E-state index in [0.717, 1.165) is 88.4 Å². The number of nitrogens with zero attached hydrogens (tertiary/aromatic N) is 4. The van der Waals surface area contributed by atoms with Gasteiger partial charge in [-0.15, -0.1) is 0 Å². The van der Waals surface area contributed by atoms with Crippen LogP contribution in [0.15, 0.2) is 242 Å². The van der Waals surface area contributed by atoms with Gasteiger partial charge in [0.2, 0.25) is 5.95 Å². The van der Waals surface area contributed by atoms with Gasteiger partial charge in [0.05, 0.1) is 17.3 Å². The van der Waals surface area contributed by atoms with Crippen LogP contribution in [0.5, 0.6) is 0 Å². The van der Waals surface area contributed by atoms with Gasteiger partial charge >= 0.3 is 0 Å². The van der Waals surface area contributed by atoms with Crippen LogP contribution < -0.4 is 9.80 Å². The van der Waals surface area contributed by atoms with E-state index in [1.165, 1.54) is 22.3 Å². The largest absolute Gasteiger partial charge is 0.361 e. The van der Waals surface area contributed by atoms with Gasteiger partial charge in [-0.3, -0.25) is 0 Å². The molecule has 1 aromatic heterocycles. The average molecular weight is 825 g/mol. The van der Waals surface area contributed by atoms with E-state index in [9.17, 15) is 0 Å². The molecule has 5 aromatic rings. The van der Waals surface area contributed by atoms with Gasteiger partial charge in [-0.05, 0) is 89.0 Å². The molecule has 4 nitrogen and oxygen atoms in total. The summed E-state index contributed by atoms with van der Waals surface area (Å²) in [4.78, 5) is 15.5. The molecule has 0 amide bonds. The van der Waals surface area contributed by atoms with Crippen LogP contribution in [0.1, 0.15) is 33.1 Å². The summed E-state index contributed by atoms with van der Waals surface area (Å²) in [6.07, 6.45) is 26.2. The maximum atomic E-state index is 5.35. The van der Waals surface area contributed by atoms with Crippen molar-refractivity contribution in [2.24, 2.45) is 11.8 Å². The van der Waals surface area contributed by atoms with Crippen LogP contribution in [0.4, 0.5) is 11.6 Å². The number of rotatable bonds is 9. The van der Waals surface area contributed by atoms with Crippen molar-refractivity contribution in [2.75, 3.05) is 29.4 Å². The molecule has 4 heteroatoms. The third-order valence-corrected chi connectivity index (χ3v) is 12.4. The van der Waals surface area contributed by atoms with E-state index in [0.29, 0.717) is 6.54 Å². The molecule has 0 fully saturated rings. The molecule has 316 valence electrons. The molecule has 1 unspecified atom stereocenters. The molecule has 3 atom stereocenters. The molecule has 0 bridgehead atoms. The fraction of sp³-hybridized carbons (Fsp3) is 0.186. The quantitative estimate of drug-likeness (QED) is 0.139. The molecule has 2 aliphatic heterocycles. The Morgan fingerprint density at radius 2 is 1.40 bits per heavy atom. The normalized spacial score (nSPS) is 21.3. The summed E-state index contributed by atoms with van der Waals surface area (Å²) in [7, 11) is 0. The molecule has 63 heavy (non-hydrogen) atoms. The van der Waals surface area contributed by atoms with Gasteiger partial charge in [0.1, 0.15) is 0 Å². The molecule has 0 saturated heterocycles. The Bertz CT molecular complexity index is 2630. The molecule has 7 rings (SSSR count). The highest BCUT2D eigenvalue weighted by molar-refractivity contribution is 5.93. The fourth-order valence-corrected chi connectivity index (χ4v) is 8.68. The summed E-state index contributed by atoms with van der Waals surface area (Å²) >= 11 is 0. The first-order valence-corrected chi connectivity index (χ1v) is 22.2. The summed E-state index contributed by atoms with van der Waals surface area (Å²) in [5, 5.41) is 1.04. The SMILES string of the molecule is C=C/C=C\C1=C(/C)C(=C)C(=C)/C=C\CCCN(c2nc(-c3ccccc3)c3ccccc3n2)CC[C@@H]1C1=CC(=C)[C@H](C)C(/C=C\C=C)N(c2ccc(-c3ccccc3)cc2)CC=C1. The number of benzene rings is 4. The molecule has 0 spiro atoms. The lowest BCUT2D eigenvalue weighted by molar-refractivity contribution is 0.567. The molecule has 0 N–H and O–H groups in total. The Morgan fingerprint density at radius 3 is 2.13 bits per heavy atom. The van der Waals surface area contributed by atoms with Crippen molar-refractivity contribution in [1.29, 1.82) is 0 Å². The van der Waals surface area contributed by atoms with Gasteiger partial charge in [-0.1, -0.05) is 198 Å². The van der Waals surface area contributed by atoms with Crippen molar-refractivity contribution < 1.29 is 0 Å². The maximum Gasteiger partial charge on any atom is 0.226 e. The van der Waals surface area contributed by atoms with Gasteiger partial charge in [0, 0.05) is 48.1 Å². The molecule has 0 radical (unpaired) electrons. The number of hydrogen-bond acceptors (Lipinski definition) is 4. The fourth-order valence-electron chi connectivity index (χ4n) is 8.68. The summed E-state index contributed by atoms with van der Waals surface area (Å²) in [6.45, 7) is 28.7. The van der Waals surface area contributed by atoms with Crippen LogP contribution in [0, 0.1) is 11.8 Å². The third-order valence-electron chi connectivity index (χ3n) is 12.4. The Morgan fingerprint density at radius 1 is 0.714 bits per heavy atom. The van der Waals surface area contributed by atoms with Crippen LogP contribution in [-0.4, -0.2) is 35.6 Å². The standard InChI is InChI=1S/C59H60N4/c1-8-10-30-53-47(7)45(5)43(3)24-15-14-22-39-62(59-60-56-32-21-20-31-55(56)58(61-59)50-27-18-13-19-28-50)41-38-54(53)51-29-23-40-63(57(33-11-9-2)46(6)44(4)42-51)52-36-34-49(35-37-52)48-25-16-12-17-26-48/h8-13,15-21,23-37,42,46,54,57H,1-5,14,22,38-41H2,6-7H3/b24-15-,29-23?,30-10-,33-11-,51-42?,53-47-/t46-,54+,57?/m0/s1. The van der Waals surface area contributed by atoms with Gasteiger partial charge in [-0.2, -0.15) is 0 Å². The van der Waals surface area contributed by atoms with E-state index in [4.69, 9.17) is 16.5 Å². The topological polar surface area (TPSA) is 32.3 Å². The van der Waals surface area contributed by atoms with Crippen LogP contribution in [0.3, 0.4) is 0 Å². The van der Waals surface area contributed by atoms with E-state index in [-0.39, 0.29) is 17.9 Å². The Balaban J connectivity index is 1.33. The minimum Gasteiger partial charge on any atom is -0.361 e. The highest BCUT2D eigenvalue weighted by atomic mass is 15.2. The minimum absolute atomic E-state index is 0.0324. The predicted octanol–water partition coefficient (Wildman–Crippen LogP) is 14.6. The molecule has 0 saturated carbocycles. The van der Waals surface area contributed by atoms with Gasteiger partial charge in [-0.25, -0.2) is 9.97 Å². The first-order valence-electron chi connectivity index (χ1n) is 22.2. The van der Waals surface area contributed by atoms with Crippen molar-refractivity contribution in [2.45, 2.75) is 39.2 Å². The lowest BCUT2D eigenvalue weighted by atomic mass is 9.80. The van der Waals surface area contributed by atoms with Crippen molar-refractivity contribution in [3.8, 4) is 22.4 Å². The van der Waals surface area contributed by atoms with E-state index >= 15 is 0 Å². The van der Waals surface area contributed by atoms with Crippen molar-refractivity contribution >= 4 is 22.5 Å². The summed E-state index contributed by atoms with van der Waals surface area (Å²) in [5.41, 5.74) is 12.9. The predicted molar refractivity (Wildman–Crippen MR) is 272 cm³/mol. The lowest BCUT2D eigenvalue weighted by Crippen LogP contribution is -2.39. The third kappa shape index (κ3) is 10.5. The number of fused-ring (bicyclic) bond motifs is 1. The molecule has 4 aromatic carbocycles. The van der Waals surface area contributed by atoms with Gasteiger partial charge < -0.3 is 9.80 Å².